The minimum atomic E-state index is -0.139. The maximum absolute atomic E-state index is 7.32. The van der Waals surface area contributed by atoms with E-state index in [0.29, 0.717) is 12.1 Å². The number of nitriles is 1. The second-order valence-electron chi connectivity index (χ2n) is 10.2. The van der Waals surface area contributed by atoms with Crippen LogP contribution in [0.4, 0.5) is 0 Å². The number of nitrogens with zero attached hydrogens (tertiary/aromatic N) is 2. The Balaban J connectivity index is 0.00000103. The van der Waals surface area contributed by atoms with Crippen molar-refractivity contribution < 1.29 is 0 Å². The van der Waals surface area contributed by atoms with Crippen LogP contribution >= 0.6 is 23.2 Å². The first-order valence-corrected chi connectivity index (χ1v) is 13.6. The van der Waals surface area contributed by atoms with E-state index in [9.17, 15) is 0 Å². The van der Waals surface area contributed by atoms with Gasteiger partial charge in [0.2, 0.25) is 0 Å². The summed E-state index contributed by atoms with van der Waals surface area (Å²) >= 11 is 13.9. The van der Waals surface area contributed by atoms with E-state index >= 15 is 0 Å². The van der Waals surface area contributed by atoms with Gasteiger partial charge in [-0.2, -0.15) is 5.26 Å². The monoisotopic (exact) mass is 498 g/mol. The molecular weight excluding hydrogens is 459 g/mol. The van der Waals surface area contributed by atoms with Crippen LogP contribution in [0, 0.1) is 11.3 Å². The first-order chi connectivity index (χ1) is 16.3. The SMILES string of the molecule is CC#N.CCC(CCc1c(C2(Cl)CC2)cccc1C1(Cl)CC1)N(CCc1ccccc1)C(C)C. The number of benzene rings is 2. The maximum Gasteiger partial charge on any atom is 0.0699 e. The lowest BCUT2D eigenvalue weighted by molar-refractivity contribution is 0.142. The first-order valence-electron chi connectivity index (χ1n) is 12.9. The van der Waals surface area contributed by atoms with Gasteiger partial charge >= 0.3 is 0 Å². The van der Waals surface area contributed by atoms with Crippen LogP contribution in [0.2, 0.25) is 0 Å². The minimum absolute atomic E-state index is 0.139. The molecule has 2 nitrogen and oxygen atoms in total. The van der Waals surface area contributed by atoms with Gasteiger partial charge < -0.3 is 0 Å². The Kier molecular flexibility index (Phi) is 9.50. The van der Waals surface area contributed by atoms with Crippen molar-refractivity contribution in [3.05, 3.63) is 70.8 Å². The standard InChI is InChI=1S/C28H37Cl2N.C2H3N/c1-4-23(31(21(2)3)20-15-22-9-6-5-7-10-22)13-14-24-25(27(29)16-17-27)11-8-12-26(24)28(30)18-19-28;1-2-3/h5-12,21,23H,4,13-20H2,1-3H3;1H3. The fourth-order valence-corrected chi connectivity index (χ4v) is 5.68. The summed E-state index contributed by atoms with van der Waals surface area (Å²) in [7, 11) is 0. The van der Waals surface area contributed by atoms with E-state index in [-0.39, 0.29) is 9.75 Å². The fourth-order valence-electron chi connectivity index (χ4n) is 5.13. The zero-order valence-corrected chi connectivity index (χ0v) is 22.8. The van der Waals surface area contributed by atoms with E-state index in [0.717, 1.165) is 51.5 Å². The molecule has 34 heavy (non-hydrogen) atoms. The van der Waals surface area contributed by atoms with Gasteiger partial charge in [0.25, 0.3) is 0 Å². The van der Waals surface area contributed by atoms with Crippen LogP contribution in [0.3, 0.4) is 0 Å². The largest absolute Gasteiger partial charge is 0.298 e. The molecule has 4 heteroatoms. The predicted octanol–water partition coefficient (Wildman–Crippen LogP) is 8.34. The highest BCUT2D eigenvalue weighted by Gasteiger charge is 2.48. The van der Waals surface area contributed by atoms with Gasteiger partial charge in [-0.15, -0.1) is 23.2 Å². The topological polar surface area (TPSA) is 27.0 Å². The molecule has 0 saturated heterocycles. The normalized spacial score (nSPS) is 18.1. The molecule has 2 aromatic rings. The van der Waals surface area contributed by atoms with Crippen LogP contribution in [0.15, 0.2) is 48.5 Å². The Bertz CT molecular complexity index is 919. The average Bonchev–Trinajstić information content (AvgIpc) is 3.75. The summed E-state index contributed by atoms with van der Waals surface area (Å²) in [6.07, 6.45) is 8.86. The highest BCUT2D eigenvalue weighted by atomic mass is 35.5. The van der Waals surface area contributed by atoms with Gasteiger partial charge in [-0.1, -0.05) is 55.5 Å². The molecule has 0 amide bonds. The number of hydrogen-bond donors (Lipinski definition) is 0. The first kappa shape index (κ1) is 27.1. The molecule has 2 fully saturated rings. The Morgan fingerprint density at radius 1 is 0.912 bits per heavy atom. The van der Waals surface area contributed by atoms with Crippen LogP contribution < -0.4 is 0 Å². The average molecular weight is 500 g/mol. The Morgan fingerprint density at radius 3 is 1.88 bits per heavy atom. The number of hydrogen-bond acceptors (Lipinski definition) is 2. The summed E-state index contributed by atoms with van der Waals surface area (Å²) in [6.45, 7) is 9.54. The van der Waals surface area contributed by atoms with Crippen molar-refractivity contribution >= 4 is 23.2 Å². The summed E-state index contributed by atoms with van der Waals surface area (Å²) in [4.78, 5) is 2.43. The molecule has 0 heterocycles. The lowest BCUT2D eigenvalue weighted by Gasteiger charge is -2.35. The molecule has 2 saturated carbocycles. The van der Waals surface area contributed by atoms with Crippen LogP contribution in [0.1, 0.15) is 88.5 Å². The Morgan fingerprint density at radius 2 is 1.44 bits per heavy atom. The molecule has 0 N–H and O–H groups in total. The van der Waals surface area contributed by atoms with E-state index in [2.05, 4.69) is 74.2 Å². The lowest BCUT2D eigenvalue weighted by atomic mass is 9.89. The number of rotatable bonds is 11. The van der Waals surface area contributed by atoms with E-state index in [4.69, 9.17) is 28.5 Å². The summed E-state index contributed by atoms with van der Waals surface area (Å²) in [5.41, 5.74) is 5.58. The van der Waals surface area contributed by atoms with Gasteiger partial charge in [-0.25, -0.2) is 0 Å². The molecule has 1 atom stereocenters. The summed E-state index contributed by atoms with van der Waals surface area (Å²) in [5.74, 6) is 0. The molecule has 4 rings (SSSR count). The lowest BCUT2D eigenvalue weighted by Crippen LogP contribution is -2.41. The third-order valence-corrected chi connectivity index (χ3v) is 8.52. The van der Waals surface area contributed by atoms with Gasteiger partial charge in [0, 0.05) is 25.6 Å². The van der Waals surface area contributed by atoms with Crippen molar-refractivity contribution in [1.82, 2.24) is 4.90 Å². The van der Waals surface area contributed by atoms with Gasteiger partial charge in [0.05, 0.1) is 15.8 Å². The molecule has 0 radical (unpaired) electrons. The van der Waals surface area contributed by atoms with Crippen LogP contribution in [-0.2, 0) is 22.6 Å². The molecule has 2 aliphatic carbocycles. The minimum Gasteiger partial charge on any atom is -0.298 e. The Labute approximate surface area is 217 Å². The summed E-state index contributed by atoms with van der Waals surface area (Å²) < 4.78 is 0. The predicted molar refractivity (Wildman–Crippen MR) is 146 cm³/mol. The van der Waals surface area contributed by atoms with Crippen LogP contribution in [-0.4, -0.2) is 23.5 Å². The third-order valence-electron chi connectivity index (χ3n) is 7.35. The highest BCUT2D eigenvalue weighted by molar-refractivity contribution is 6.27. The molecule has 0 spiro atoms. The molecule has 0 aromatic heterocycles. The summed E-state index contributed by atoms with van der Waals surface area (Å²) in [5, 5.41) is 7.32. The van der Waals surface area contributed by atoms with Gasteiger partial charge in [-0.05, 0) is 87.5 Å². The zero-order chi connectivity index (χ0) is 24.8. The number of alkyl halides is 2. The molecule has 2 aromatic carbocycles. The third kappa shape index (κ3) is 6.78. The van der Waals surface area contributed by atoms with Gasteiger partial charge in [0.15, 0.2) is 0 Å². The van der Waals surface area contributed by atoms with Crippen molar-refractivity contribution in [3.8, 4) is 6.07 Å². The smallest absolute Gasteiger partial charge is 0.0699 e. The van der Waals surface area contributed by atoms with E-state index in [1.54, 1.807) is 6.07 Å². The summed E-state index contributed by atoms with van der Waals surface area (Å²) in [6, 6.07) is 20.4. The van der Waals surface area contributed by atoms with Gasteiger partial charge in [-0.3, -0.25) is 4.90 Å². The molecule has 1 unspecified atom stereocenters. The molecule has 184 valence electrons. The molecule has 0 bridgehead atoms. The number of halogens is 2. The van der Waals surface area contributed by atoms with Crippen LogP contribution in [0.25, 0.3) is 0 Å². The van der Waals surface area contributed by atoms with Crippen LogP contribution in [0.5, 0.6) is 0 Å². The van der Waals surface area contributed by atoms with Gasteiger partial charge in [0.1, 0.15) is 0 Å². The molecule has 0 aliphatic heterocycles. The van der Waals surface area contributed by atoms with Crippen molar-refractivity contribution in [1.29, 1.82) is 5.26 Å². The van der Waals surface area contributed by atoms with Crippen molar-refractivity contribution in [2.45, 2.75) is 101 Å². The Hall–Kier alpha value is -1.53. The maximum atomic E-state index is 7.32. The van der Waals surface area contributed by atoms with E-state index in [1.807, 2.05) is 0 Å². The van der Waals surface area contributed by atoms with Crippen molar-refractivity contribution in [2.24, 2.45) is 0 Å². The quantitative estimate of drug-likeness (QED) is 0.291. The van der Waals surface area contributed by atoms with E-state index < -0.39 is 0 Å². The van der Waals surface area contributed by atoms with Crippen molar-refractivity contribution in [3.63, 3.8) is 0 Å². The highest BCUT2D eigenvalue weighted by Crippen LogP contribution is 2.58. The van der Waals surface area contributed by atoms with Crippen molar-refractivity contribution in [2.75, 3.05) is 6.54 Å². The molecule has 2 aliphatic rings. The van der Waals surface area contributed by atoms with E-state index in [1.165, 1.54) is 35.6 Å². The fraction of sp³-hybridized carbons (Fsp3) is 0.567. The zero-order valence-electron chi connectivity index (χ0n) is 21.3. The molecular formula is C30H40Cl2N2. The second-order valence-corrected chi connectivity index (χ2v) is 11.6. The second kappa shape index (κ2) is 11.9.